The minimum absolute atomic E-state index is 0.0291. The highest BCUT2D eigenvalue weighted by atomic mass is 16.5. The monoisotopic (exact) mass is 296 g/mol. The van der Waals surface area contributed by atoms with Crippen molar-refractivity contribution in [2.45, 2.75) is 13.8 Å². The topological polar surface area (TPSA) is 122 Å². The van der Waals surface area contributed by atoms with E-state index < -0.39 is 23.2 Å². The molecule has 0 aromatic carbocycles. The van der Waals surface area contributed by atoms with Crippen LogP contribution in [0.1, 0.15) is 12.6 Å². The number of hydrogen-bond donors (Lipinski definition) is 3. The molecule has 0 fully saturated rings. The molecule has 1 aromatic heterocycles. The lowest BCUT2D eigenvalue weighted by molar-refractivity contribution is -0.138. The lowest BCUT2D eigenvalue weighted by atomic mass is 10.4. The van der Waals surface area contributed by atoms with Crippen molar-refractivity contribution in [3.05, 3.63) is 44.8 Å². The van der Waals surface area contributed by atoms with Crippen LogP contribution in [-0.2, 0) is 9.53 Å². The standard InChI is InChI=1S/C12H16N4O5/c1-7(2)10(18)21-5-4-13-11(19)15-16-8(3)6-9(17)14-12(16)20/h6H,1,4-5H2,2-3H3,(H2,13,15,19)(H,14,17,20). The molecule has 9 nitrogen and oxygen atoms in total. The molecule has 1 heterocycles. The highest BCUT2D eigenvalue weighted by Gasteiger charge is 2.07. The Morgan fingerprint density at radius 3 is 2.67 bits per heavy atom. The number of nitrogens with zero attached hydrogens (tertiary/aromatic N) is 1. The van der Waals surface area contributed by atoms with Crippen molar-refractivity contribution in [3.63, 3.8) is 0 Å². The molecule has 3 N–H and O–H groups in total. The van der Waals surface area contributed by atoms with Gasteiger partial charge in [-0.15, -0.1) is 0 Å². The number of hydrogen-bond acceptors (Lipinski definition) is 5. The number of amides is 2. The SMILES string of the molecule is C=C(C)C(=O)OCCNC(=O)Nn1c(C)cc(=O)[nH]c1=O. The Hall–Kier alpha value is -2.84. The zero-order valence-electron chi connectivity index (χ0n) is 11.7. The highest BCUT2D eigenvalue weighted by molar-refractivity contribution is 5.87. The molecular formula is C12H16N4O5. The van der Waals surface area contributed by atoms with Crippen LogP contribution in [0.4, 0.5) is 4.79 Å². The lowest BCUT2D eigenvalue weighted by Gasteiger charge is -2.11. The van der Waals surface area contributed by atoms with Gasteiger partial charge in [0.25, 0.3) is 5.56 Å². The first-order valence-corrected chi connectivity index (χ1v) is 6.01. The summed E-state index contributed by atoms with van der Waals surface area (Å²) in [6, 6.07) is 0.481. The van der Waals surface area contributed by atoms with Crippen LogP contribution in [0.3, 0.4) is 0 Å². The summed E-state index contributed by atoms with van der Waals surface area (Å²) in [7, 11) is 0. The van der Waals surface area contributed by atoms with Crippen molar-refractivity contribution in [2.24, 2.45) is 0 Å². The predicted molar refractivity (Wildman–Crippen MR) is 74.6 cm³/mol. The van der Waals surface area contributed by atoms with E-state index in [-0.39, 0.29) is 24.4 Å². The fourth-order valence-corrected chi connectivity index (χ4v) is 1.32. The summed E-state index contributed by atoms with van der Waals surface area (Å²) in [4.78, 5) is 47.1. The molecule has 0 radical (unpaired) electrons. The van der Waals surface area contributed by atoms with E-state index in [1.54, 1.807) is 0 Å². The van der Waals surface area contributed by atoms with Gasteiger partial charge in [0.2, 0.25) is 0 Å². The third-order valence-electron chi connectivity index (χ3n) is 2.31. The van der Waals surface area contributed by atoms with Crippen LogP contribution in [0, 0.1) is 6.92 Å². The van der Waals surface area contributed by atoms with E-state index in [0.717, 1.165) is 10.7 Å². The van der Waals surface area contributed by atoms with E-state index in [1.807, 2.05) is 4.98 Å². The molecular weight excluding hydrogens is 280 g/mol. The van der Waals surface area contributed by atoms with Crippen LogP contribution in [0.2, 0.25) is 0 Å². The average molecular weight is 296 g/mol. The molecule has 0 aliphatic rings. The molecule has 0 atom stereocenters. The van der Waals surface area contributed by atoms with Crippen molar-refractivity contribution in [1.82, 2.24) is 15.0 Å². The average Bonchev–Trinajstić information content (AvgIpc) is 2.38. The first-order chi connectivity index (χ1) is 9.81. The number of urea groups is 1. The molecule has 0 saturated carbocycles. The smallest absolute Gasteiger partial charge is 0.347 e. The first-order valence-electron chi connectivity index (χ1n) is 6.01. The van der Waals surface area contributed by atoms with Gasteiger partial charge in [-0.1, -0.05) is 6.58 Å². The second-order valence-electron chi connectivity index (χ2n) is 4.20. The molecule has 1 rings (SSSR count). The van der Waals surface area contributed by atoms with Crippen molar-refractivity contribution in [1.29, 1.82) is 0 Å². The Morgan fingerprint density at radius 1 is 1.43 bits per heavy atom. The Balaban J connectivity index is 2.49. The molecule has 0 aliphatic heterocycles. The number of aromatic nitrogens is 2. The second kappa shape index (κ2) is 7.08. The van der Waals surface area contributed by atoms with Gasteiger partial charge >= 0.3 is 17.7 Å². The molecule has 9 heteroatoms. The quantitative estimate of drug-likeness (QED) is 0.373. The zero-order valence-corrected chi connectivity index (χ0v) is 11.7. The lowest BCUT2D eigenvalue weighted by Crippen LogP contribution is -2.43. The summed E-state index contributed by atoms with van der Waals surface area (Å²) in [5.74, 6) is -0.551. The van der Waals surface area contributed by atoms with Gasteiger partial charge < -0.3 is 10.1 Å². The number of carbonyl (C=O) groups is 2. The Kier molecular flexibility index (Phi) is 5.47. The maximum absolute atomic E-state index is 11.5. The fourth-order valence-electron chi connectivity index (χ4n) is 1.32. The summed E-state index contributed by atoms with van der Waals surface area (Å²) in [5.41, 5.74) is 1.46. The largest absolute Gasteiger partial charge is 0.460 e. The Bertz CT molecular complexity index is 673. The van der Waals surface area contributed by atoms with Crippen LogP contribution >= 0.6 is 0 Å². The predicted octanol–water partition coefficient (Wildman–Crippen LogP) is -0.783. The highest BCUT2D eigenvalue weighted by Crippen LogP contribution is 1.90. The number of ether oxygens (including phenoxy) is 1. The molecule has 0 bridgehead atoms. The van der Waals surface area contributed by atoms with Crippen molar-refractivity contribution in [3.8, 4) is 0 Å². The van der Waals surface area contributed by atoms with Gasteiger partial charge in [0.1, 0.15) is 6.61 Å². The summed E-state index contributed by atoms with van der Waals surface area (Å²) >= 11 is 0. The second-order valence-corrected chi connectivity index (χ2v) is 4.20. The summed E-state index contributed by atoms with van der Waals surface area (Å²) < 4.78 is 5.66. The van der Waals surface area contributed by atoms with Gasteiger partial charge in [-0.3, -0.25) is 9.78 Å². The van der Waals surface area contributed by atoms with Crippen molar-refractivity contribution in [2.75, 3.05) is 18.6 Å². The van der Waals surface area contributed by atoms with Crippen molar-refractivity contribution < 1.29 is 14.3 Å². The minimum Gasteiger partial charge on any atom is -0.460 e. The number of aryl methyl sites for hydroxylation is 1. The summed E-state index contributed by atoms with van der Waals surface area (Å²) in [6.45, 7) is 6.44. The Morgan fingerprint density at radius 2 is 2.10 bits per heavy atom. The number of esters is 1. The van der Waals surface area contributed by atoms with Gasteiger partial charge in [0.05, 0.1) is 6.54 Å². The molecule has 0 saturated heterocycles. The molecule has 0 unspecified atom stereocenters. The van der Waals surface area contributed by atoms with Gasteiger partial charge in [0, 0.05) is 17.3 Å². The summed E-state index contributed by atoms with van der Waals surface area (Å²) in [5, 5.41) is 2.39. The molecule has 0 spiro atoms. The molecule has 1 aromatic rings. The van der Waals surface area contributed by atoms with E-state index in [9.17, 15) is 19.2 Å². The molecule has 2 amide bonds. The zero-order chi connectivity index (χ0) is 16.0. The number of carbonyl (C=O) groups excluding carboxylic acids is 2. The van der Waals surface area contributed by atoms with Crippen molar-refractivity contribution >= 4 is 12.0 Å². The van der Waals surface area contributed by atoms with Gasteiger partial charge in [-0.2, -0.15) is 0 Å². The third kappa shape index (κ3) is 4.97. The number of H-pyrrole nitrogens is 1. The van der Waals surface area contributed by atoms with Crippen LogP contribution in [0.25, 0.3) is 0 Å². The maximum Gasteiger partial charge on any atom is 0.347 e. The van der Waals surface area contributed by atoms with E-state index in [4.69, 9.17) is 4.74 Å². The number of aromatic amines is 1. The van der Waals surface area contributed by atoms with Gasteiger partial charge in [0.15, 0.2) is 0 Å². The van der Waals surface area contributed by atoms with Crippen LogP contribution < -0.4 is 22.0 Å². The molecule has 21 heavy (non-hydrogen) atoms. The first kappa shape index (κ1) is 16.2. The van der Waals surface area contributed by atoms with E-state index in [2.05, 4.69) is 17.3 Å². The van der Waals surface area contributed by atoms with E-state index in [1.165, 1.54) is 13.8 Å². The number of rotatable bonds is 5. The third-order valence-corrected chi connectivity index (χ3v) is 2.31. The van der Waals surface area contributed by atoms with Gasteiger partial charge in [-0.25, -0.2) is 24.5 Å². The minimum atomic E-state index is -0.760. The molecule has 114 valence electrons. The van der Waals surface area contributed by atoms with Crippen LogP contribution in [0.15, 0.2) is 27.8 Å². The normalized spacial score (nSPS) is 9.81. The van der Waals surface area contributed by atoms with Gasteiger partial charge in [-0.05, 0) is 13.8 Å². The van der Waals surface area contributed by atoms with E-state index >= 15 is 0 Å². The van der Waals surface area contributed by atoms with Crippen LogP contribution in [0.5, 0.6) is 0 Å². The maximum atomic E-state index is 11.5. The molecule has 0 aliphatic carbocycles. The summed E-state index contributed by atoms with van der Waals surface area (Å²) in [6.07, 6.45) is 0. The fraction of sp³-hybridized carbons (Fsp3) is 0.333. The van der Waals surface area contributed by atoms with Crippen LogP contribution in [-0.4, -0.2) is 34.8 Å². The van der Waals surface area contributed by atoms with E-state index in [0.29, 0.717) is 0 Å². The number of nitrogens with one attached hydrogen (secondary N) is 3. The Labute approximate surface area is 119 Å².